The van der Waals surface area contributed by atoms with Gasteiger partial charge in [0.05, 0.1) is 0 Å². The summed E-state index contributed by atoms with van der Waals surface area (Å²) in [7, 11) is 0. The molecule has 0 aliphatic carbocycles. The van der Waals surface area contributed by atoms with Crippen molar-refractivity contribution in [1.82, 2.24) is 19.9 Å². The number of nitrogens with zero attached hydrogens (tertiary/aromatic N) is 3. The largest absolute Gasteiger partial charge is 0.505 e. The number of rotatable bonds is 4. The highest BCUT2D eigenvalue weighted by Crippen LogP contribution is 2.34. The number of carboxylic acid groups (broad SMARTS) is 1. The number of carbonyl (C=O) groups is 2. The molecular weight excluding hydrogens is 420 g/mol. The third-order valence-corrected chi connectivity index (χ3v) is 4.47. The lowest BCUT2D eigenvalue weighted by Gasteiger charge is -2.12. The molecule has 1 amide bonds. The van der Waals surface area contributed by atoms with Gasteiger partial charge in [-0.15, -0.1) is 0 Å². The molecule has 0 radical (unpaired) electrons. The van der Waals surface area contributed by atoms with Crippen LogP contribution in [0.15, 0.2) is 48.8 Å². The molecule has 2 aromatic carbocycles. The van der Waals surface area contributed by atoms with Gasteiger partial charge >= 0.3 is 5.97 Å². The van der Waals surface area contributed by atoms with Gasteiger partial charge in [0, 0.05) is 10.8 Å². The topological polar surface area (TPSA) is 117 Å². The second-order valence-corrected chi connectivity index (χ2v) is 7.11. The third kappa shape index (κ3) is 5.65. The molecular formula is C25H30N4O4. The van der Waals surface area contributed by atoms with Crippen LogP contribution in [0.2, 0.25) is 0 Å². The van der Waals surface area contributed by atoms with E-state index in [-0.39, 0.29) is 11.4 Å². The van der Waals surface area contributed by atoms with Gasteiger partial charge in [-0.2, -0.15) is 5.10 Å². The first-order chi connectivity index (χ1) is 15.9. The molecule has 0 atom stereocenters. The van der Waals surface area contributed by atoms with E-state index in [0.717, 1.165) is 16.7 Å². The van der Waals surface area contributed by atoms with E-state index in [1.165, 1.54) is 17.3 Å². The number of aromatic hydroxyl groups is 1. The van der Waals surface area contributed by atoms with Crippen LogP contribution < -0.4 is 5.32 Å². The highest BCUT2D eigenvalue weighted by atomic mass is 16.4. The average molecular weight is 451 g/mol. The fraction of sp³-hybridized carbons (Fsp3) is 0.280. The maximum absolute atomic E-state index is 12.4. The number of hydrogen-bond donors (Lipinski definition) is 3. The van der Waals surface area contributed by atoms with Gasteiger partial charge in [0.1, 0.15) is 12.9 Å². The van der Waals surface area contributed by atoms with Gasteiger partial charge in [0.15, 0.2) is 17.1 Å². The van der Waals surface area contributed by atoms with Crippen LogP contribution in [-0.4, -0.2) is 43.2 Å². The van der Waals surface area contributed by atoms with Crippen molar-refractivity contribution in [1.29, 1.82) is 0 Å². The first-order valence-electron chi connectivity index (χ1n) is 10.9. The molecule has 3 N–H and O–H groups in total. The van der Waals surface area contributed by atoms with E-state index in [4.69, 9.17) is 5.11 Å². The third-order valence-electron chi connectivity index (χ3n) is 4.47. The number of aryl methyl sites for hydroxylation is 1. The molecule has 0 spiro atoms. The van der Waals surface area contributed by atoms with Crippen molar-refractivity contribution in [2.45, 2.75) is 41.0 Å². The number of hydrogen-bond acceptors (Lipinski definition) is 5. The summed E-state index contributed by atoms with van der Waals surface area (Å²) in [6.07, 6.45) is 2.53. The average Bonchev–Trinajstić information content (AvgIpc) is 3.29. The summed E-state index contributed by atoms with van der Waals surface area (Å²) in [6.45, 7) is 9.69. The highest BCUT2D eigenvalue weighted by molar-refractivity contribution is 6.07. The van der Waals surface area contributed by atoms with Crippen molar-refractivity contribution in [2.75, 3.05) is 6.54 Å². The highest BCUT2D eigenvalue weighted by Gasteiger charge is 2.22. The Hall–Kier alpha value is -3.94. The van der Waals surface area contributed by atoms with Crippen LogP contribution in [0.1, 0.15) is 50.2 Å². The summed E-state index contributed by atoms with van der Waals surface area (Å²) in [6, 6.07) is 13.5. The van der Waals surface area contributed by atoms with Crippen LogP contribution >= 0.6 is 0 Å². The van der Waals surface area contributed by atoms with E-state index in [1.54, 1.807) is 6.07 Å². The van der Waals surface area contributed by atoms with Gasteiger partial charge in [-0.3, -0.25) is 9.59 Å². The molecule has 0 fully saturated rings. The molecule has 2 heterocycles. The molecule has 4 rings (SSSR count). The molecule has 0 saturated carbocycles. The van der Waals surface area contributed by atoms with Gasteiger partial charge in [-0.05, 0) is 30.2 Å². The minimum Gasteiger partial charge on any atom is -0.505 e. The Balaban J connectivity index is 0.000000714. The number of amides is 1. The number of carbonyl (C=O) groups excluding carboxylic acids is 1. The van der Waals surface area contributed by atoms with Gasteiger partial charge in [0.2, 0.25) is 0 Å². The molecule has 8 heteroatoms. The summed E-state index contributed by atoms with van der Waals surface area (Å²) in [5.41, 5.74) is 3.30. The Morgan fingerprint density at radius 3 is 2.33 bits per heavy atom. The minimum absolute atomic E-state index is 0.162. The fourth-order valence-electron chi connectivity index (χ4n) is 3.20. The van der Waals surface area contributed by atoms with Gasteiger partial charge in [0.25, 0.3) is 5.91 Å². The van der Waals surface area contributed by atoms with Gasteiger partial charge in [-0.1, -0.05) is 70.0 Å². The first-order valence-corrected chi connectivity index (χ1v) is 10.9. The van der Waals surface area contributed by atoms with Crippen LogP contribution in [0.5, 0.6) is 5.75 Å². The van der Waals surface area contributed by atoms with Crippen molar-refractivity contribution >= 4 is 28.3 Å². The SMILES string of the molecule is CC.CCC.Cc1cccc(-c2ccc3c(O)c(C(=O)NCC(=O)O)n4ncnc4c3c2)c1. The number of nitrogens with one attached hydrogen (secondary N) is 1. The molecule has 8 nitrogen and oxygen atoms in total. The predicted octanol–water partition coefficient (Wildman–Crippen LogP) is 4.82. The summed E-state index contributed by atoms with van der Waals surface area (Å²) in [4.78, 5) is 27.4. The standard InChI is InChI=1S/C20H16N4O4.C3H8.C2H6/c1-11-3-2-4-12(7-11)13-5-6-14-15(8-13)19-22-10-23-24(19)17(18(14)27)20(28)21-9-16(25)26;1-3-2;1-2/h2-8,10,27H,9H2,1H3,(H,21,28)(H,25,26);3H2,1-2H3;1-2H3. The zero-order chi connectivity index (χ0) is 24.5. The van der Waals surface area contributed by atoms with Gasteiger partial charge < -0.3 is 15.5 Å². The normalized spacial score (nSPS) is 10.1. The molecule has 0 unspecified atom stereocenters. The molecule has 0 bridgehead atoms. The van der Waals surface area contributed by atoms with Gasteiger partial charge in [-0.25, -0.2) is 9.50 Å². The maximum atomic E-state index is 12.4. The summed E-state index contributed by atoms with van der Waals surface area (Å²) in [5.74, 6) is -2.22. The molecule has 174 valence electrons. The van der Waals surface area contributed by atoms with Crippen LogP contribution in [0.25, 0.3) is 27.5 Å². The Labute approximate surface area is 192 Å². The van der Waals surface area contributed by atoms with Crippen molar-refractivity contribution in [2.24, 2.45) is 0 Å². The quantitative estimate of drug-likeness (QED) is 0.410. The minimum atomic E-state index is -1.19. The lowest BCUT2D eigenvalue weighted by atomic mass is 9.99. The van der Waals surface area contributed by atoms with E-state index in [0.29, 0.717) is 16.4 Å². The van der Waals surface area contributed by atoms with Crippen molar-refractivity contribution < 1.29 is 19.8 Å². The second-order valence-electron chi connectivity index (χ2n) is 7.11. The lowest BCUT2D eigenvalue weighted by molar-refractivity contribution is -0.135. The summed E-state index contributed by atoms with van der Waals surface area (Å²) < 4.78 is 1.22. The Kier molecular flexibility index (Phi) is 8.91. The van der Waals surface area contributed by atoms with E-state index >= 15 is 0 Å². The summed E-state index contributed by atoms with van der Waals surface area (Å²) >= 11 is 0. The van der Waals surface area contributed by atoms with E-state index in [9.17, 15) is 14.7 Å². The number of aromatic nitrogens is 3. The van der Waals surface area contributed by atoms with Crippen molar-refractivity contribution in [3.05, 3.63) is 60.0 Å². The zero-order valence-electron chi connectivity index (χ0n) is 19.6. The number of fused-ring (bicyclic) bond motifs is 3. The van der Waals surface area contributed by atoms with Crippen LogP contribution in [-0.2, 0) is 4.79 Å². The smallest absolute Gasteiger partial charge is 0.322 e. The summed E-state index contributed by atoms with van der Waals surface area (Å²) in [5, 5.41) is 26.8. The monoisotopic (exact) mass is 450 g/mol. The zero-order valence-corrected chi connectivity index (χ0v) is 19.6. The number of benzene rings is 2. The molecule has 0 saturated heterocycles. The molecule has 2 aromatic heterocycles. The Bertz CT molecular complexity index is 1260. The van der Waals surface area contributed by atoms with E-state index in [1.807, 2.05) is 51.1 Å². The second kappa shape index (κ2) is 11.6. The number of pyridine rings is 1. The van der Waals surface area contributed by atoms with E-state index in [2.05, 4.69) is 35.3 Å². The van der Waals surface area contributed by atoms with Crippen LogP contribution in [0.4, 0.5) is 0 Å². The molecule has 33 heavy (non-hydrogen) atoms. The molecule has 0 aliphatic rings. The maximum Gasteiger partial charge on any atom is 0.322 e. The fourth-order valence-corrected chi connectivity index (χ4v) is 3.20. The van der Waals surface area contributed by atoms with Crippen LogP contribution in [0.3, 0.4) is 0 Å². The van der Waals surface area contributed by atoms with Crippen molar-refractivity contribution in [3.63, 3.8) is 0 Å². The number of carboxylic acids is 1. The predicted molar refractivity (Wildman–Crippen MR) is 130 cm³/mol. The van der Waals surface area contributed by atoms with Crippen molar-refractivity contribution in [3.8, 4) is 16.9 Å². The van der Waals surface area contributed by atoms with Crippen LogP contribution in [0, 0.1) is 6.92 Å². The first kappa shape index (κ1) is 25.3. The lowest BCUT2D eigenvalue weighted by Crippen LogP contribution is -2.31. The van der Waals surface area contributed by atoms with E-state index < -0.39 is 18.4 Å². The molecule has 4 aromatic rings. The Morgan fingerprint density at radius 1 is 1.03 bits per heavy atom. The number of aliphatic carboxylic acids is 1. The Morgan fingerprint density at radius 2 is 1.70 bits per heavy atom. The molecule has 0 aliphatic heterocycles.